The number of halogens is 1. The second-order valence-corrected chi connectivity index (χ2v) is 5.62. The predicted molar refractivity (Wildman–Crippen MR) is 70.9 cm³/mol. The maximum absolute atomic E-state index is 14.0. The number of nitrogen functional groups attached to an aromatic ring is 1. The van der Waals surface area contributed by atoms with Crippen LogP contribution in [0.1, 0.15) is 37.0 Å². The van der Waals surface area contributed by atoms with Crippen LogP contribution >= 0.6 is 0 Å². The molecule has 1 saturated heterocycles. The first-order valence-electron chi connectivity index (χ1n) is 6.35. The number of anilines is 1. The number of carbonyl (C=O) groups excluding carboxylic acids is 1. The van der Waals surface area contributed by atoms with Crippen molar-refractivity contribution in [2.24, 2.45) is 11.3 Å². The maximum Gasteiger partial charge on any atom is 0.257 e. The molecule has 1 aromatic rings. The summed E-state index contributed by atoms with van der Waals surface area (Å²) in [5, 5.41) is 0. The number of pyridine rings is 1. The monoisotopic (exact) mass is 266 g/mol. The molecule has 0 atom stereocenters. The van der Waals surface area contributed by atoms with E-state index >= 15 is 0 Å². The topological polar surface area (TPSA) is 71.2 Å². The number of nitrogens with zero attached hydrogens (tertiary/aromatic N) is 2. The highest BCUT2D eigenvalue weighted by molar-refractivity contribution is 5.95. The number of likely N-dealkylation sites (tertiary alicyclic amines) is 1. The van der Waals surface area contributed by atoms with Crippen molar-refractivity contribution < 1.29 is 9.18 Å². The molecule has 6 heteroatoms. The lowest BCUT2D eigenvalue weighted by atomic mass is 9.82. The smallest absolute Gasteiger partial charge is 0.257 e. The number of carbonyl (C=O) groups is 1. The average Bonchev–Trinajstić information content (AvgIpc) is 2.38. The maximum atomic E-state index is 14.0. The fourth-order valence-corrected chi connectivity index (χ4v) is 2.20. The molecule has 1 aliphatic heterocycles. The number of rotatable bonds is 2. The molecule has 2 heterocycles. The molecular formula is C13H19FN4O. The van der Waals surface area contributed by atoms with Crippen LogP contribution in [-0.4, -0.2) is 28.9 Å². The van der Waals surface area contributed by atoms with E-state index < -0.39 is 5.82 Å². The lowest BCUT2D eigenvalue weighted by molar-refractivity contribution is 0.0625. The highest BCUT2D eigenvalue weighted by atomic mass is 19.1. The molecule has 0 unspecified atom stereocenters. The Morgan fingerprint density at radius 2 is 2.11 bits per heavy atom. The summed E-state index contributed by atoms with van der Waals surface area (Å²) in [7, 11) is 0. The standard InChI is InChI=1S/C13H19FN4O/c1-13(2)4-7-18(8-5-13)12(19)9-3-6-16-11(17-15)10(9)14/h3,6H,4-5,7-8,15H2,1-2H3,(H,16,17). The van der Waals surface area contributed by atoms with Gasteiger partial charge in [-0.2, -0.15) is 0 Å². The van der Waals surface area contributed by atoms with E-state index in [1.165, 1.54) is 12.3 Å². The van der Waals surface area contributed by atoms with E-state index in [1.807, 2.05) is 0 Å². The molecule has 3 N–H and O–H groups in total. The average molecular weight is 266 g/mol. The molecule has 5 nitrogen and oxygen atoms in total. The number of aromatic nitrogens is 1. The lowest BCUT2D eigenvalue weighted by Crippen LogP contribution is -2.41. The number of hydrazine groups is 1. The Bertz CT molecular complexity index is 480. The molecule has 1 fully saturated rings. The van der Waals surface area contributed by atoms with Gasteiger partial charge in [0.25, 0.3) is 5.91 Å². The Hall–Kier alpha value is -1.69. The van der Waals surface area contributed by atoms with Gasteiger partial charge in [-0.15, -0.1) is 0 Å². The number of piperidine rings is 1. The van der Waals surface area contributed by atoms with Crippen LogP contribution in [0.5, 0.6) is 0 Å². The van der Waals surface area contributed by atoms with Crippen LogP contribution in [0, 0.1) is 11.2 Å². The molecule has 0 aliphatic carbocycles. The van der Waals surface area contributed by atoms with Gasteiger partial charge < -0.3 is 10.3 Å². The third kappa shape index (κ3) is 2.84. The van der Waals surface area contributed by atoms with E-state index in [9.17, 15) is 9.18 Å². The van der Waals surface area contributed by atoms with Crippen molar-refractivity contribution in [1.29, 1.82) is 0 Å². The molecule has 1 aromatic heterocycles. The van der Waals surface area contributed by atoms with Crippen molar-refractivity contribution in [3.05, 3.63) is 23.6 Å². The number of nitrogens with two attached hydrogens (primary N) is 1. The van der Waals surface area contributed by atoms with Gasteiger partial charge in [0.2, 0.25) is 0 Å². The number of nitrogens with one attached hydrogen (secondary N) is 1. The fraction of sp³-hybridized carbons (Fsp3) is 0.538. The summed E-state index contributed by atoms with van der Waals surface area (Å²) >= 11 is 0. The zero-order chi connectivity index (χ0) is 14.0. The van der Waals surface area contributed by atoms with Crippen LogP contribution in [0.25, 0.3) is 0 Å². The molecule has 104 valence electrons. The third-order valence-corrected chi connectivity index (χ3v) is 3.66. The van der Waals surface area contributed by atoms with Crippen molar-refractivity contribution >= 4 is 11.7 Å². The Morgan fingerprint density at radius 1 is 1.47 bits per heavy atom. The van der Waals surface area contributed by atoms with Crippen molar-refractivity contribution in [3.63, 3.8) is 0 Å². The van der Waals surface area contributed by atoms with Gasteiger partial charge in [0.1, 0.15) is 0 Å². The Kier molecular flexibility index (Phi) is 3.71. The van der Waals surface area contributed by atoms with Gasteiger partial charge >= 0.3 is 0 Å². The minimum absolute atomic E-state index is 0.0163. The Labute approximate surface area is 112 Å². The zero-order valence-corrected chi connectivity index (χ0v) is 11.2. The first-order valence-corrected chi connectivity index (χ1v) is 6.35. The summed E-state index contributed by atoms with van der Waals surface area (Å²) in [5.41, 5.74) is 2.41. The molecule has 1 amide bonds. The highest BCUT2D eigenvalue weighted by Crippen LogP contribution is 2.30. The van der Waals surface area contributed by atoms with Crippen LogP contribution in [0.4, 0.5) is 10.2 Å². The van der Waals surface area contributed by atoms with Crippen molar-refractivity contribution in [3.8, 4) is 0 Å². The van der Waals surface area contributed by atoms with Gasteiger partial charge in [-0.1, -0.05) is 13.8 Å². The van der Waals surface area contributed by atoms with E-state index in [0.29, 0.717) is 13.1 Å². The molecule has 0 bridgehead atoms. The first-order chi connectivity index (χ1) is 8.94. The summed E-state index contributed by atoms with van der Waals surface area (Å²) in [4.78, 5) is 17.7. The van der Waals surface area contributed by atoms with Gasteiger partial charge in [-0.25, -0.2) is 15.2 Å². The number of hydrogen-bond acceptors (Lipinski definition) is 4. The largest absolute Gasteiger partial charge is 0.339 e. The summed E-state index contributed by atoms with van der Waals surface area (Å²) in [6.07, 6.45) is 3.22. The minimum Gasteiger partial charge on any atom is -0.339 e. The SMILES string of the molecule is CC1(C)CCN(C(=O)c2ccnc(NN)c2F)CC1. The second-order valence-electron chi connectivity index (χ2n) is 5.62. The number of amides is 1. The molecular weight excluding hydrogens is 247 g/mol. The van der Waals surface area contributed by atoms with Crippen LogP contribution < -0.4 is 11.3 Å². The van der Waals surface area contributed by atoms with Crippen LogP contribution in [0.15, 0.2) is 12.3 Å². The fourth-order valence-electron chi connectivity index (χ4n) is 2.20. The first kappa shape index (κ1) is 13.7. The van der Waals surface area contributed by atoms with Gasteiger partial charge in [0.15, 0.2) is 11.6 Å². The highest BCUT2D eigenvalue weighted by Gasteiger charge is 2.29. The van der Waals surface area contributed by atoms with Crippen molar-refractivity contribution in [2.45, 2.75) is 26.7 Å². The normalized spacial score (nSPS) is 18.2. The molecule has 0 spiro atoms. The van der Waals surface area contributed by atoms with Gasteiger partial charge in [-0.3, -0.25) is 4.79 Å². The summed E-state index contributed by atoms with van der Waals surface area (Å²) in [5.74, 6) is 4.05. The van der Waals surface area contributed by atoms with Crippen LogP contribution in [0.3, 0.4) is 0 Å². The Balaban J connectivity index is 2.17. The molecule has 19 heavy (non-hydrogen) atoms. The van der Waals surface area contributed by atoms with E-state index in [4.69, 9.17) is 5.84 Å². The van der Waals surface area contributed by atoms with Gasteiger partial charge in [0, 0.05) is 19.3 Å². The van der Waals surface area contributed by atoms with Crippen LogP contribution in [0.2, 0.25) is 0 Å². The van der Waals surface area contributed by atoms with E-state index in [-0.39, 0.29) is 22.7 Å². The third-order valence-electron chi connectivity index (χ3n) is 3.66. The Morgan fingerprint density at radius 3 is 2.68 bits per heavy atom. The van der Waals surface area contributed by atoms with E-state index in [0.717, 1.165) is 12.8 Å². The van der Waals surface area contributed by atoms with Crippen molar-refractivity contribution in [2.75, 3.05) is 18.5 Å². The van der Waals surface area contributed by atoms with Crippen LogP contribution in [-0.2, 0) is 0 Å². The molecule has 0 aromatic carbocycles. The lowest BCUT2D eigenvalue weighted by Gasteiger charge is -2.37. The summed E-state index contributed by atoms with van der Waals surface area (Å²) in [6.45, 7) is 5.66. The predicted octanol–water partition coefficient (Wildman–Crippen LogP) is 1.77. The van der Waals surface area contributed by atoms with E-state index in [2.05, 4.69) is 24.3 Å². The second kappa shape index (κ2) is 5.13. The molecule has 0 saturated carbocycles. The quantitative estimate of drug-likeness (QED) is 0.632. The number of hydrogen-bond donors (Lipinski definition) is 2. The van der Waals surface area contributed by atoms with Gasteiger partial charge in [0.05, 0.1) is 5.56 Å². The molecule has 2 rings (SSSR count). The zero-order valence-electron chi connectivity index (χ0n) is 11.2. The summed E-state index contributed by atoms with van der Waals surface area (Å²) in [6, 6.07) is 1.39. The molecule has 0 radical (unpaired) electrons. The minimum atomic E-state index is -0.695. The van der Waals surface area contributed by atoms with Crippen molar-refractivity contribution in [1.82, 2.24) is 9.88 Å². The molecule has 1 aliphatic rings. The summed E-state index contributed by atoms with van der Waals surface area (Å²) < 4.78 is 14.0. The van der Waals surface area contributed by atoms with Gasteiger partial charge in [-0.05, 0) is 24.3 Å². The van der Waals surface area contributed by atoms with E-state index in [1.54, 1.807) is 4.90 Å².